The lowest BCUT2D eigenvalue weighted by Crippen LogP contribution is -2.43. The molecule has 6 heteroatoms. The number of nitrogens with one attached hydrogen (secondary N) is 2. The van der Waals surface area contributed by atoms with Gasteiger partial charge in [-0.15, -0.1) is 0 Å². The van der Waals surface area contributed by atoms with Crippen LogP contribution in [0.4, 0.5) is 0 Å². The minimum atomic E-state index is -1.99. The molecule has 33 heavy (non-hydrogen) atoms. The van der Waals surface area contributed by atoms with Crippen LogP contribution in [-0.2, 0) is 6.42 Å². The van der Waals surface area contributed by atoms with E-state index in [1.165, 1.54) is 5.56 Å². The summed E-state index contributed by atoms with van der Waals surface area (Å²) in [5, 5.41) is 0.0914. The first-order valence-electron chi connectivity index (χ1n) is 11.5. The summed E-state index contributed by atoms with van der Waals surface area (Å²) in [6, 6.07) is 12.5. The summed E-state index contributed by atoms with van der Waals surface area (Å²) in [4.78, 5) is 29.6. The van der Waals surface area contributed by atoms with Crippen LogP contribution in [-0.4, -0.2) is 18.3 Å². The van der Waals surface area contributed by atoms with Crippen molar-refractivity contribution in [1.29, 1.82) is 0 Å². The number of rotatable bonds is 4. The van der Waals surface area contributed by atoms with Gasteiger partial charge in [-0.2, -0.15) is 0 Å². The van der Waals surface area contributed by atoms with E-state index < -0.39 is 14.0 Å². The number of aromatic amines is 2. The molecule has 1 heterocycles. The highest BCUT2D eigenvalue weighted by Gasteiger charge is 2.39. The number of aromatic nitrogens is 2. The van der Waals surface area contributed by atoms with E-state index in [9.17, 15) is 9.59 Å². The van der Waals surface area contributed by atoms with Gasteiger partial charge in [0.25, 0.3) is 5.56 Å². The van der Waals surface area contributed by atoms with Crippen LogP contribution in [0.2, 0.25) is 18.1 Å². The van der Waals surface area contributed by atoms with Crippen LogP contribution in [0.5, 0.6) is 5.75 Å². The first kappa shape index (κ1) is 23.0. The summed E-state index contributed by atoms with van der Waals surface area (Å²) in [6.45, 7) is 13.3. The Labute approximate surface area is 195 Å². The summed E-state index contributed by atoms with van der Waals surface area (Å²) in [5.41, 5.74) is 5.01. The number of H-pyrrole nitrogens is 2. The zero-order valence-corrected chi connectivity index (χ0v) is 21.2. The van der Waals surface area contributed by atoms with E-state index in [-0.39, 0.29) is 16.5 Å². The van der Waals surface area contributed by atoms with E-state index in [0.29, 0.717) is 5.56 Å². The smallest absolute Gasteiger partial charge is 0.325 e. The van der Waals surface area contributed by atoms with Gasteiger partial charge in [0.15, 0.2) is 0 Å². The topological polar surface area (TPSA) is 75.0 Å². The first-order valence-corrected chi connectivity index (χ1v) is 14.4. The molecule has 0 bridgehead atoms. The van der Waals surface area contributed by atoms with Gasteiger partial charge in [0.1, 0.15) is 5.75 Å². The second-order valence-electron chi connectivity index (χ2n) is 10.3. The van der Waals surface area contributed by atoms with Crippen molar-refractivity contribution in [2.75, 3.05) is 0 Å². The third-order valence-corrected chi connectivity index (χ3v) is 11.4. The monoisotopic (exact) mass is 460 g/mol. The van der Waals surface area contributed by atoms with Crippen LogP contribution >= 0.6 is 0 Å². The quantitative estimate of drug-likeness (QED) is 0.385. The van der Waals surface area contributed by atoms with Crippen LogP contribution in [0.15, 0.2) is 52.2 Å². The van der Waals surface area contributed by atoms with E-state index in [0.717, 1.165) is 34.4 Å². The van der Waals surface area contributed by atoms with E-state index in [1.807, 2.05) is 6.07 Å². The Balaban J connectivity index is 1.90. The van der Waals surface area contributed by atoms with Gasteiger partial charge in [-0.25, -0.2) is 4.79 Å². The van der Waals surface area contributed by atoms with Crippen molar-refractivity contribution >= 4 is 20.5 Å². The Morgan fingerprint density at radius 1 is 0.939 bits per heavy atom. The highest BCUT2D eigenvalue weighted by molar-refractivity contribution is 6.74. The molecule has 1 aliphatic carbocycles. The van der Waals surface area contributed by atoms with Crippen molar-refractivity contribution in [2.45, 2.75) is 58.2 Å². The Kier molecular flexibility index (Phi) is 5.82. The van der Waals surface area contributed by atoms with E-state index in [2.05, 4.69) is 93.2 Å². The van der Waals surface area contributed by atoms with Gasteiger partial charge in [-0.3, -0.25) is 9.78 Å². The number of benzene rings is 2. The van der Waals surface area contributed by atoms with Crippen molar-refractivity contribution < 1.29 is 4.43 Å². The standard InChI is InChI=1S/C27H32N2O3Si/c1-7-17-8-12-21-18(14-17)9-10-19-15-20(32-33(5,6)27(2,3)4)11-13-22(19)24(21)23-16-28-26(31)29-25(23)30/h8-16,24H,7H2,1-6H3,(H2,28,29,30,31). The molecule has 1 aromatic heterocycles. The van der Waals surface area contributed by atoms with Crippen LogP contribution < -0.4 is 15.7 Å². The molecule has 0 aliphatic heterocycles. The number of fused-ring (bicyclic) bond motifs is 2. The first-order chi connectivity index (χ1) is 15.5. The SMILES string of the molecule is CCc1ccc2c(c1)C=Cc1cc(O[Si](C)(C)C(C)(C)C)ccc1C2c1c[nH]c(=O)[nH]c1=O. The van der Waals surface area contributed by atoms with Crippen LogP contribution in [0.3, 0.4) is 0 Å². The van der Waals surface area contributed by atoms with Crippen molar-refractivity contribution in [3.8, 4) is 5.75 Å². The normalized spacial score (nSPS) is 15.5. The number of hydrogen-bond donors (Lipinski definition) is 2. The van der Waals surface area contributed by atoms with Crippen LogP contribution in [0, 0.1) is 0 Å². The molecular weight excluding hydrogens is 428 g/mol. The summed E-state index contributed by atoms with van der Waals surface area (Å²) >= 11 is 0. The molecule has 0 saturated carbocycles. The summed E-state index contributed by atoms with van der Waals surface area (Å²) < 4.78 is 6.56. The van der Waals surface area contributed by atoms with Crippen molar-refractivity contribution in [2.24, 2.45) is 0 Å². The van der Waals surface area contributed by atoms with Crippen molar-refractivity contribution in [3.05, 3.63) is 96.8 Å². The molecule has 2 N–H and O–H groups in total. The molecule has 0 fully saturated rings. The fourth-order valence-electron chi connectivity index (χ4n) is 4.04. The van der Waals surface area contributed by atoms with E-state index in [1.54, 1.807) is 6.20 Å². The lowest BCUT2D eigenvalue weighted by Gasteiger charge is -2.36. The Bertz CT molecular complexity index is 1340. The molecule has 2 aromatic carbocycles. The van der Waals surface area contributed by atoms with Gasteiger partial charge in [-0.1, -0.05) is 64.1 Å². The molecule has 1 unspecified atom stereocenters. The minimum absolute atomic E-state index is 0.0914. The maximum absolute atomic E-state index is 12.8. The molecule has 172 valence electrons. The average molecular weight is 461 g/mol. The molecule has 5 nitrogen and oxygen atoms in total. The molecule has 0 amide bonds. The van der Waals surface area contributed by atoms with Crippen LogP contribution in [0.1, 0.15) is 67.0 Å². The van der Waals surface area contributed by atoms with Gasteiger partial charge in [-0.05, 0) is 64.5 Å². The van der Waals surface area contributed by atoms with Crippen LogP contribution in [0.25, 0.3) is 12.2 Å². The maximum Gasteiger partial charge on any atom is 0.325 e. The average Bonchev–Trinajstić information content (AvgIpc) is 2.89. The second kappa shape index (κ2) is 8.34. The number of aryl methyl sites for hydroxylation is 1. The van der Waals surface area contributed by atoms with Crippen molar-refractivity contribution in [3.63, 3.8) is 0 Å². The predicted molar refractivity (Wildman–Crippen MR) is 138 cm³/mol. The molecule has 1 aliphatic rings. The fourth-order valence-corrected chi connectivity index (χ4v) is 5.06. The van der Waals surface area contributed by atoms with E-state index >= 15 is 0 Å². The van der Waals surface area contributed by atoms with E-state index in [4.69, 9.17) is 4.43 Å². The predicted octanol–water partition coefficient (Wildman–Crippen LogP) is 5.67. The molecule has 0 saturated heterocycles. The highest BCUT2D eigenvalue weighted by atomic mass is 28.4. The fraction of sp³-hybridized carbons (Fsp3) is 0.333. The van der Waals surface area contributed by atoms with Gasteiger partial charge in [0.2, 0.25) is 8.32 Å². The zero-order chi connectivity index (χ0) is 24.0. The lowest BCUT2D eigenvalue weighted by molar-refractivity contribution is 0.492. The minimum Gasteiger partial charge on any atom is -0.543 e. The Morgan fingerprint density at radius 3 is 2.18 bits per heavy atom. The largest absolute Gasteiger partial charge is 0.543 e. The summed E-state index contributed by atoms with van der Waals surface area (Å²) in [6.07, 6.45) is 6.69. The lowest BCUT2D eigenvalue weighted by atomic mass is 9.83. The molecular formula is C27H32N2O3Si. The highest BCUT2D eigenvalue weighted by Crippen LogP contribution is 2.41. The van der Waals surface area contributed by atoms with Gasteiger partial charge in [0, 0.05) is 17.7 Å². The summed E-state index contributed by atoms with van der Waals surface area (Å²) in [5.74, 6) is 0.540. The third-order valence-electron chi connectivity index (χ3n) is 7.02. The third kappa shape index (κ3) is 4.40. The van der Waals surface area contributed by atoms with Gasteiger partial charge in [0.05, 0.1) is 0 Å². The van der Waals surface area contributed by atoms with Gasteiger partial charge >= 0.3 is 5.69 Å². The zero-order valence-electron chi connectivity index (χ0n) is 20.2. The Hall–Kier alpha value is -3.12. The summed E-state index contributed by atoms with van der Waals surface area (Å²) in [7, 11) is -1.99. The maximum atomic E-state index is 12.8. The molecule has 0 spiro atoms. The molecule has 0 radical (unpaired) electrons. The second-order valence-corrected chi connectivity index (χ2v) is 15.0. The van der Waals surface area contributed by atoms with Gasteiger partial charge < -0.3 is 9.41 Å². The Morgan fingerprint density at radius 2 is 1.58 bits per heavy atom. The molecule has 4 rings (SSSR count). The molecule has 3 aromatic rings. The molecule has 1 atom stereocenters. The van der Waals surface area contributed by atoms with Crippen molar-refractivity contribution in [1.82, 2.24) is 9.97 Å². The number of hydrogen-bond acceptors (Lipinski definition) is 3.